The van der Waals surface area contributed by atoms with Crippen LogP contribution < -0.4 is 15.5 Å². The lowest BCUT2D eigenvalue weighted by Gasteiger charge is -2.32. The van der Waals surface area contributed by atoms with Gasteiger partial charge in [0.05, 0.1) is 6.10 Å². The van der Waals surface area contributed by atoms with Crippen molar-refractivity contribution in [1.82, 2.24) is 15.0 Å². The summed E-state index contributed by atoms with van der Waals surface area (Å²) in [4.78, 5) is 15.2. The van der Waals surface area contributed by atoms with Crippen LogP contribution in [0.3, 0.4) is 0 Å². The fourth-order valence-electron chi connectivity index (χ4n) is 3.01. The molecule has 0 amide bonds. The molecule has 0 bridgehead atoms. The summed E-state index contributed by atoms with van der Waals surface area (Å²) in [5, 5.41) is 16.5. The number of β-amino-alcohol motifs (C(OH)–C–C–N with tert-alkyl or cyclic N) is 1. The molecule has 3 rings (SSSR count). The first-order valence-corrected chi connectivity index (χ1v) is 8.81. The lowest BCUT2D eigenvalue weighted by Crippen LogP contribution is -2.39. The summed E-state index contributed by atoms with van der Waals surface area (Å²) in [7, 11) is 0. The number of aliphatic hydroxyl groups excluding tert-OH is 1. The van der Waals surface area contributed by atoms with Gasteiger partial charge in [0.1, 0.15) is 23.8 Å². The van der Waals surface area contributed by atoms with Crippen LogP contribution in [0.5, 0.6) is 0 Å². The Labute approximate surface area is 148 Å². The fraction of sp³-hybridized carbons (Fsp3) is 0.500. The van der Waals surface area contributed by atoms with Gasteiger partial charge in [0, 0.05) is 43.5 Å². The topological polar surface area (TPSA) is 86.2 Å². The van der Waals surface area contributed by atoms with Gasteiger partial charge in [-0.05, 0) is 32.8 Å². The maximum Gasteiger partial charge on any atom is 0.133 e. The first kappa shape index (κ1) is 17.4. The van der Waals surface area contributed by atoms with E-state index in [0.717, 1.165) is 42.4 Å². The molecule has 0 unspecified atom stereocenters. The third-order valence-electron chi connectivity index (χ3n) is 4.13. The third kappa shape index (κ3) is 4.79. The smallest absolute Gasteiger partial charge is 0.133 e. The molecule has 7 nitrogen and oxygen atoms in total. The Bertz CT molecular complexity index is 693. The van der Waals surface area contributed by atoms with Crippen molar-refractivity contribution in [2.24, 2.45) is 0 Å². The van der Waals surface area contributed by atoms with Crippen LogP contribution in [0.25, 0.3) is 0 Å². The number of anilines is 3. The molecule has 25 heavy (non-hydrogen) atoms. The second-order valence-corrected chi connectivity index (χ2v) is 6.67. The van der Waals surface area contributed by atoms with Gasteiger partial charge in [0.2, 0.25) is 0 Å². The minimum atomic E-state index is -0.275. The van der Waals surface area contributed by atoms with E-state index in [1.807, 2.05) is 12.1 Å². The Morgan fingerprint density at radius 3 is 2.92 bits per heavy atom. The second-order valence-electron chi connectivity index (χ2n) is 6.67. The molecule has 3 N–H and O–H groups in total. The zero-order chi connectivity index (χ0) is 17.6. The van der Waals surface area contributed by atoms with Crippen LogP contribution in [-0.2, 0) is 6.54 Å². The van der Waals surface area contributed by atoms with E-state index in [1.165, 1.54) is 0 Å². The molecular formula is C18H26N6O. The van der Waals surface area contributed by atoms with Crippen molar-refractivity contribution in [2.75, 3.05) is 28.6 Å². The van der Waals surface area contributed by atoms with Crippen LogP contribution in [-0.4, -0.2) is 45.3 Å². The van der Waals surface area contributed by atoms with E-state index in [4.69, 9.17) is 0 Å². The molecule has 1 saturated heterocycles. The summed E-state index contributed by atoms with van der Waals surface area (Å²) >= 11 is 0. The van der Waals surface area contributed by atoms with Gasteiger partial charge >= 0.3 is 0 Å². The Kier molecular flexibility index (Phi) is 5.65. The van der Waals surface area contributed by atoms with Crippen molar-refractivity contribution < 1.29 is 5.11 Å². The molecule has 3 heterocycles. The van der Waals surface area contributed by atoms with Crippen molar-refractivity contribution in [3.63, 3.8) is 0 Å². The number of hydrogen-bond acceptors (Lipinski definition) is 7. The van der Waals surface area contributed by atoms with Crippen LogP contribution in [0.1, 0.15) is 32.3 Å². The molecule has 1 aliphatic heterocycles. The van der Waals surface area contributed by atoms with Crippen molar-refractivity contribution in [3.8, 4) is 0 Å². The monoisotopic (exact) mass is 342 g/mol. The Balaban J connectivity index is 1.69. The van der Waals surface area contributed by atoms with Crippen molar-refractivity contribution in [1.29, 1.82) is 0 Å². The number of piperidine rings is 1. The van der Waals surface area contributed by atoms with Crippen LogP contribution in [0.4, 0.5) is 17.5 Å². The highest BCUT2D eigenvalue weighted by Gasteiger charge is 2.20. The Morgan fingerprint density at radius 1 is 1.28 bits per heavy atom. The van der Waals surface area contributed by atoms with E-state index < -0.39 is 0 Å². The summed E-state index contributed by atoms with van der Waals surface area (Å²) in [5.41, 5.74) is 1.09. The molecule has 0 aromatic carbocycles. The minimum absolute atomic E-state index is 0.275. The van der Waals surface area contributed by atoms with Gasteiger partial charge in [-0.1, -0.05) is 6.07 Å². The number of nitrogens with one attached hydrogen (secondary N) is 2. The maximum atomic E-state index is 9.93. The van der Waals surface area contributed by atoms with Crippen molar-refractivity contribution in [3.05, 3.63) is 36.3 Å². The Morgan fingerprint density at radius 2 is 2.12 bits per heavy atom. The van der Waals surface area contributed by atoms with E-state index in [-0.39, 0.29) is 6.10 Å². The molecule has 7 heteroatoms. The average Bonchev–Trinajstić information content (AvgIpc) is 2.60. The summed E-state index contributed by atoms with van der Waals surface area (Å²) in [5.74, 6) is 2.51. The summed E-state index contributed by atoms with van der Waals surface area (Å²) in [6.07, 6.45) is 4.93. The number of aromatic nitrogens is 3. The van der Waals surface area contributed by atoms with E-state index in [9.17, 15) is 5.11 Å². The van der Waals surface area contributed by atoms with Crippen molar-refractivity contribution >= 4 is 17.5 Å². The summed E-state index contributed by atoms with van der Waals surface area (Å²) < 4.78 is 0. The van der Waals surface area contributed by atoms with Gasteiger partial charge in [-0.3, -0.25) is 0 Å². The van der Waals surface area contributed by atoms with Gasteiger partial charge in [-0.25, -0.2) is 15.0 Å². The van der Waals surface area contributed by atoms with Crippen LogP contribution in [0.15, 0.2) is 30.7 Å². The molecule has 134 valence electrons. The first-order valence-electron chi connectivity index (χ1n) is 8.81. The molecule has 1 fully saturated rings. The minimum Gasteiger partial charge on any atom is -0.391 e. The van der Waals surface area contributed by atoms with E-state index in [2.05, 4.69) is 50.4 Å². The molecule has 0 radical (unpaired) electrons. The number of nitrogens with zero attached hydrogens (tertiary/aromatic N) is 4. The molecule has 0 spiro atoms. The van der Waals surface area contributed by atoms with Crippen LogP contribution >= 0.6 is 0 Å². The zero-order valence-corrected chi connectivity index (χ0v) is 14.8. The van der Waals surface area contributed by atoms with E-state index >= 15 is 0 Å². The predicted molar refractivity (Wildman–Crippen MR) is 99.8 cm³/mol. The second kappa shape index (κ2) is 8.11. The lowest BCUT2D eigenvalue weighted by atomic mass is 10.1. The summed E-state index contributed by atoms with van der Waals surface area (Å²) in [6, 6.07) is 6.22. The third-order valence-corrected chi connectivity index (χ3v) is 4.13. The van der Waals surface area contributed by atoms with E-state index in [1.54, 1.807) is 12.5 Å². The predicted octanol–water partition coefficient (Wildman–Crippen LogP) is 2.27. The molecular weight excluding hydrogens is 316 g/mol. The van der Waals surface area contributed by atoms with Crippen LogP contribution in [0, 0.1) is 0 Å². The SMILES string of the molecule is CC(C)Nc1cc(NCc2cccnc2N2CCC[C@H](O)C2)ncn1. The largest absolute Gasteiger partial charge is 0.391 e. The number of hydrogen-bond donors (Lipinski definition) is 3. The van der Waals surface area contributed by atoms with E-state index in [0.29, 0.717) is 19.1 Å². The molecule has 1 atom stereocenters. The highest BCUT2D eigenvalue weighted by Crippen LogP contribution is 2.22. The standard InChI is InChI=1S/C18H26N6O/c1-13(2)23-17-9-16(21-12-22-17)20-10-14-5-3-7-19-18(14)24-8-4-6-15(25)11-24/h3,5,7,9,12-13,15,25H,4,6,8,10-11H2,1-2H3,(H2,20,21,22,23)/t15-/m0/s1. The molecule has 2 aromatic heterocycles. The average molecular weight is 342 g/mol. The van der Waals surface area contributed by atoms with Gasteiger partial charge < -0.3 is 20.6 Å². The number of rotatable bonds is 6. The zero-order valence-electron chi connectivity index (χ0n) is 14.8. The lowest BCUT2D eigenvalue weighted by molar-refractivity contribution is 0.154. The fourth-order valence-corrected chi connectivity index (χ4v) is 3.01. The maximum absolute atomic E-state index is 9.93. The van der Waals surface area contributed by atoms with Crippen LogP contribution in [0.2, 0.25) is 0 Å². The van der Waals surface area contributed by atoms with Gasteiger partial charge in [-0.2, -0.15) is 0 Å². The molecule has 1 aliphatic rings. The number of aliphatic hydroxyl groups is 1. The number of pyridine rings is 1. The summed E-state index contributed by atoms with van der Waals surface area (Å²) in [6.45, 7) is 6.33. The van der Waals surface area contributed by atoms with Crippen molar-refractivity contribution in [2.45, 2.75) is 45.4 Å². The first-order chi connectivity index (χ1) is 12.1. The highest BCUT2D eigenvalue weighted by molar-refractivity contribution is 5.51. The molecule has 0 saturated carbocycles. The highest BCUT2D eigenvalue weighted by atomic mass is 16.3. The van der Waals surface area contributed by atoms with Gasteiger partial charge in [0.15, 0.2) is 0 Å². The Hall–Kier alpha value is -2.41. The quantitative estimate of drug-likeness (QED) is 0.742. The van der Waals surface area contributed by atoms with Gasteiger partial charge in [0.25, 0.3) is 0 Å². The normalized spacial score (nSPS) is 17.6. The molecule has 2 aromatic rings. The molecule has 0 aliphatic carbocycles. The van der Waals surface area contributed by atoms with Gasteiger partial charge in [-0.15, -0.1) is 0 Å².